The van der Waals surface area contributed by atoms with E-state index in [-0.39, 0.29) is 12.4 Å². The van der Waals surface area contributed by atoms with E-state index in [2.05, 4.69) is 22.0 Å². The molecule has 1 heterocycles. The zero-order valence-electron chi connectivity index (χ0n) is 10.4. The van der Waals surface area contributed by atoms with Crippen molar-refractivity contribution in [2.45, 2.75) is 5.16 Å². The topological polar surface area (TPSA) is 71.2 Å². The van der Waals surface area contributed by atoms with E-state index in [1.165, 1.54) is 11.8 Å². The second-order valence-electron chi connectivity index (χ2n) is 3.71. The highest BCUT2D eigenvalue weighted by molar-refractivity contribution is 7.99. The van der Waals surface area contributed by atoms with Crippen LogP contribution in [0.15, 0.2) is 29.4 Å². The van der Waals surface area contributed by atoms with Crippen molar-refractivity contribution in [1.29, 1.82) is 0 Å². The van der Waals surface area contributed by atoms with Gasteiger partial charge in [-0.2, -0.15) is 0 Å². The van der Waals surface area contributed by atoms with Gasteiger partial charge in [-0.05, 0) is 24.3 Å². The maximum atomic E-state index is 9.26. The van der Waals surface area contributed by atoms with Crippen molar-refractivity contribution >= 4 is 11.8 Å². The smallest absolute Gasteiger partial charge is 0.192 e. The quantitative estimate of drug-likeness (QED) is 0.652. The van der Waals surface area contributed by atoms with Crippen molar-refractivity contribution in [3.05, 3.63) is 24.3 Å². The van der Waals surface area contributed by atoms with Crippen molar-refractivity contribution in [3.8, 4) is 29.0 Å². The third-order valence-corrected chi connectivity index (χ3v) is 3.34. The lowest BCUT2D eigenvalue weighted by atomic mass is 10.2. The van der Waals surface area contributed by atoms with Crippen molar-refractivity contribution in [3.63, 3.8) is 0 Å². The molecule has 98 valence electrons. The molecule has 0 spiro atoms. The van der Waals surface area contributed by atoms with E-state index in [4.69, 9.17) is 5.11 Å². The van der Waals surface area contributed by atoms with E-state index < -0.39 is 0 Å². The fourth-order valence-corrected chi connectivity index (χ4v) is 2.19. The predicted octanol–water partition coefficient (Wildman–Crippen LogP) is 1.28. The molecule has 0 aliphatic rings. The number of phenolic OH excluding ortho intramolecular Hbond substituents is 1. The minimum absolute atomic E-state index is 0.127. The lowest BCUT2D eigenvalue weighted by Gasteiger charge is -2.02. The van der Waals surface area contributed by atoms with Gasteiger partial charge in [0.05, 0.1) is 5.75 Å². The van der Waals surface area contributed by atoms with E-state index in [1.807, 2.05) is 11.6 Å². The summed E-state index contributed by atoms with van der Waals surface area (Å²) in [7, 11) is 1.88. The molecule has 0 fully saturated rings. The highest BCUT2D eigenvalue weighted by Crippen LogP contribution is 2.23. The van der Waals surface area contributed by atoms with Crippen LogP contribution in [0.5, 0.6) is 5.75 Å². The first-order chi connectivity index (χ1) is 9.22. The van der Waals surface area contributed by atoms with E-state index in [9.17, 15) is 5.11 Å². The third kappa shape index (κ3) is 3.28. The molecular weight excluding hydrogens is 262 g/mol. The van der Waals surface area contributed by atoms with Gasteiger partial charge in [0.15, 0.2) is 11.0 Å². The Morgan fingerprint density at radius 2 is 1.95 bits per heavy atom. The Morgan fingerprint density at radius 1 is 1.21 bits per heavy atom. The van der Waals surface area contributed by atoms with Crippen molar-refractivity contribution < 1.29 is 10.2 Å². The molecule has 0 amide bonds. The number of aromatic nitrogens is 3. The van der Waals surface area contributed by atoms with Crippen LogP contribution in [0.4, 0.5) is 0 Å². The number of nitrogens with zero attached hydrogens (tertiary/aromatic N) is 3. The second kappa shape index (κ2) is 6.27. The average molecular weight is 275 g/mol. The summed E-state index contributed by atoms with van der Waals surface area (Å²) in [5.41, 5.74) is 0.890. The Balaban J connectivity index is 2.16. The number of rotatable bonds is 3. The fourth-order valence-electron chi connectivity index (χ4n) is 1.51. The van der Waals surface area contributed by atoms with E-state index in [1.54, 1.807) is 24.3 Å². The number of phenols is 1. The minimum Gasteiger partial charge on any atom is -0.508 e. The molecule has 0 unspecified atom stereocenters. The van der Waals surface area contributed by atoms with Gasteiger partial charge in [0, 0.05) is 12.6 Å². The first kappa shape index (κ1) is 13.5. The molecule has 5 nitrogen and oxygen atoms in total. The number of hydrogen-bond acceptors (Lipinski definition) is 5. The first-order valence-electron chi connectivity index (χ1n) is 5.60. The van der Waals surface area contributed by atoms with Gasteiger partial charge in [-0.15, -0.1) is 10.2 Å². The molecule has 2 aromatic rings. The fraction of sp³-hybridized carbons (Fsp3) is 0.231. The summed E-state index contributed by atoms with van der Waals surface area (Å²) in [4.78, 5) is 0. The van der Waals surface area contributed by atoms with Gasteiger partial charge in [-0.3, -0.25) is 0 Å². The molecule has 2 rings (SSSR count). The largest absolute Gasteiger partial charge is 0.508 e. The minimum atomic E-state index is -0.127. The first-order valence-corrected chi connectivity index (χ1v) is 6.59. The van der Waals surface area contributed by atoms with E-state index >= 15 is 0 Å². The maximum Gasteiger partial charge on any atom is 0.192 e. The van der Waals surface area contributed by atoms with Crippen LogP contribution in [0.2, 0.25) is 0 Å². The molecule has 1 aromatic carbocycles. The average Bonchev–Trinajstić information content (AvgIpc) is 2.77. The van der Waals surface area contributed by atoms with Gasteiger partial charge in [-0.25, -0.2) is 0 Å². The van der Waals surface area contributed by atoms with Crippen LogP contribution in [0.3, 0.4) is 0 Å². The molecule has 2 N–H and O–H groups in total. The molecule has 0 saturated carbocycles. The summed E-state index contributed by atoms with van der Waals surface area (Å²) in [5.74, 6) is 6.91. The maximum absolute atomic E-state index is 9.26. The summed E-state index contributed by atoms with van der Waals surface area (Å²) in [5, 5.41) is 26.8. The van der Waals surface area contributed by atoms with Crippen molar-refractivity contribution in [2.24, 2.45) is 7.05 Å². The van der Waals surface area contributed by atoms with Crippen molar-refractivity contribution in [1.82, 2.24) is 14.8 Å². The van der Waals surface area contributed by atoms with Crippen LogP contribution in [0.1, 0.15) is 0 Å². The molecule has 0 bridgehead atoms. The number of thioether (sulfide) groups is 1. The van der Waals surface area contributed by atoms with E-state index in [0.29, 0.717) is 5.75 Å². The number of hydrogen-bond donors (Lipinski definition) is 2. The molecule has 6 heteroatoms. The number of benzene rings is 1. The van der Waals surface area contributed by atoms with E-state index in [0.717, 1.165) is 16.5 Å². The summed E-state index contributed by atoms with van der Waals surface area (Å²) < 4.78 is 1.87. The number of aromatic hydroxyl groups is 1. The normalized spacial score (nSPS) is 10.0. The molecule has 0 radical (unpaired) electrons. The van der Waals surface area contributed by atoms with Crippen LogP contribution in [-0.2, 0) is 7.05 Å². The van der Waals surface area contributed by atoms with Gasteiger partial charge in [0.2, 0.25) is 0 Å². The highest BCUT2D eigenvalue weighted by atomic mass is 32.2. The molecule has 0 saturated heterocycles. The van der Waals surface area contributed by atoms with Crippen LogP contribution >= 0.6 is 11.8 Å². The molecule has 1 aromatic heterocycles. The monoisotopic (exact) mass is 275 g/mol. The molecule has 0 atom stereocenters. The zero-order chi connectivity index (χ0) is 13.7. The third-order valence-electron chi connectivity index (χ3n) is 2.44. The van der Waals surface area contributed by atoms with Crippen LogP contribution in [0.25, 0.3) is 11.4 Å². The van der Waals surface area contributed by atoms with Crippen LogP contribution < -0.4 is 0 Å². The molecular formula is C13H13N3O2S. The Morgan fingerprint density at radius 3 is 2.63 bits per heavy atom. The molecule has 0 aliphatic heterocycles. The lowest BCUT2D eigenvalue weighted by molar-refractivity contribution is 0.350. The summed E-state index contributed by atoms with van der Waals surface area (Å²) >= 11 is 1.46. The standard InChI is InChI=1S/C13H13N3O2S/c1-16-12(10-4-6-11(18)7-5-10)14-15-13(16)19-9-3-2-8-17/h4-7,17-18H,8-9H2,1H3. The molecule has 19 heavy (non-hydrogen) atoms. The van der Waals surface area contributed by atoms with Gasteiger partial charge < -0.3 is 14.8 Å². The lowest BCUT2D eigenvalue weighted by Crippen LogP contribution is -1.94. The number of aliphatic hydroxyl groups is 1. The van der Waals surface area contributed by atoms with Gasteiger partial charge >= 0.3 is 0 Å². The predicted molar refractivity (Wildman–Crippen MR) is 73.7 cm³/mol. The van der Waals surface area contributed by atoms with Crippen LogP contribution in [-0.4, -0.2) is 37.3 Å². The van der Waals surface area contributed by atoms with Crippen LogP contribution in [0, 0.1) is 11.8 Å². The second-order valence-corrected chi connectivity index (χ2v) is 4.65. The van der Waals surface area contributed by atoms with Gasteiger partial charge in [0.25, 0.3) is 0 Å². The summed E-state index contributed by atoms with van der Waals surface area (Å²) in [6.45, 7) is -0.127. The van der Waals surface area contributed by atoms with Gasteiger partial charge in [-0.1, -0.05) is 23.6 Å². The van der Waals surface area contributed by atoms with Gasteiger partial charge in [0.1, 0.15) is 12.4 Å². The Hall–Kier alpha value is -1.97. The summed E-state index contributed by atoms with van der Waals surface area (Å²) in [6.07, 6.45) is 0. The summed E-state index contributed by atoms with van der Waals surface area (Å²) in [6, 6.07) is 6.81. The Labute approximate surface area is 115 Å². The zero-order valence-corrected chi connectivity index (χ0v) is 11.2. The molecule has 0 aliphatic carbocycles. The number of aliphatic hydroxyl groups excluding tert-OH is 1. The highest BCUT2D eigenvalue weighted by Gasteiger charge is 2.10. The SMILES string of the molecule is Cn1c(SCC#CCO)nnc1-c1ccc(O)cc1. The van der Waals surface area contributed by atoms with Crippen molar-refractivity contribution in [2.75, 3.05) is 12.4 Å². The Bertz CT molecular complexity index is 611. The Kier molecular flexibility index (Phi) is 4.44.